The van der Waals surface area contributed by atoms with Crippen LogP contribution in [0.4, 0.5) is 0 Å². The van der Waals surface area contributed by atoms with Crippen LogP contribution in [-0.2, 0) is 17.1 Å². The molecule has 0 saturated heterocycles. The van der Waals surface area contributed by atoms with E-state index in [1.165, 1.54) is 11.8 Å². The van der Waals surface area contributed by atoms with Gasteiger partial charge in [0.05, 0.1) is 27.1 Å². The molecule has 0 fully saturated rings. The van der Waals surface area contributed by atoms with Crippen molar-refractivity contribution in [2.75, 3.05) is 27.1 Å². The molecule has 7 heteroatoms. The summed E-state index contributed by atoms with van der Waals surface area (Å²) in [6, 6.07) is 11.3. The molecule has 5 nitrogen and oxygen atoms in total. The van der Waals surface area contributed by atoms with Crippen molar-refractivity contribution in [1.82, 2.24) is 5.32 Å². The Balaban J connectivity index is 1.88. The lowest BCUT2D eigenvalue weighted by molar-refractivity contribution is -0.118. The molecule has 26 heavy (non-hydrogen) atoms. The van der Waals surface area contributed by atoms with Crippen LogP contribution in [0.1, 0.15) is 11.1 Å². The zero-order valence-electron chi connectivity index (χ0n) is 15.0. The molecule has 0 aromatic heterocycles. The van der Waals surface area contributed by atoms with Crippen molar-refractivity contribution in [2.45, 2.75) is 12.3 Å². The number of amides is 1. The molecule has 1 amide bonds. The summed E-state index contributed by atoms with van der Waals surface area (Å²) in [5.41, 5.74) is 1.89. The Morgan fingerprint density at radius 3 is 2.31 bits per heavy atom. The molecule has 140 valence electrons. The standard InChI is InChI=1S/C19H22ClNO4S/c1-23-16-8-13(9-17(24-2)19(16)25-3)10-21-18(22)12-26-11-14-6-4-5-7-15(14)20/h4-9H,10-12H2,1-3H3,(H,21,22). The van der Waals surface area contributed by atoms with E-state index in [0.717, 1.165) is 16.1 Å². The van der Waals surface area contributed by atoms with Gasteiger partial charge in [-0.1, -0.05) is 29.8 Å². The predicted molar refractivity (Wildman–Crippen MR) is 106 cm³/mol. The second-order valence-corrected chi connectivity index (χ2v) is 6.79. The number of hydrogen-bond donors (Lipinski definition) is 1. The largest absolute Gasteiger partial charge is 0.493 e. The Kier molecular flexibility index (Phi) is 7.94. The lowest BCUT2D eigenvalue weighted by Gasteiger charge is -2.14. The van der Waals surface area contributed by atoms with Gasteiger partial charge < -0.3 is 19.5 Å². The fraction of sp³-hybridized carbons (Fsp3) is 0.316. The summed E-state index contributed by atoms with van der Waals surface area (Å²) in [5.74, 6) is 2.65. The van der Waals surface area contributed by atoms with E-state index in [4.69, 9.17) is 25.8 Å². The van der Waals surface area contributed by atoms with E-state index < -0.39 is 0 Å². The van der Waals surface area contributed by atoms with Crippen LogP contribution < -0.4 is 19.5 Å². The molecule has 2 aromatic rings. The summed E-state index contributed by atoms with van der Waals surface area (Å²) in [7, 11) is 4.67. The van der Waals surface area contributed by atoms with Crippen molar-refractivity contribution in [2.24, 2.45) is 0 Å². The maximum absolute atomic E-state index is 12.1. The number of thioether (sulfide) groups is 1. The average Bonchev–Trinajstić information content (AvgIpc) is 2.66. The number of carbonyl (C=O) groups excluding carboxylic acids is 1. The molecule has 1 N–H and O–H groups in total. The SMILES string of the molecule is COc1cc(CNC(=O)CSCc2ccccc2Cl)cc(OC)c1OC. The van der Waals surface area contributed by atoms with E-state index in [0.29, 0.717) is 35.3 Å². The van der Waals surface area contributed by atoms with Crippen LogP contribution in [0.5, 0.6) is 17.2 Å². The summed E-state index contributed by atoms with van der Waals surface area (Å²) in [4.78, 5) is 12.1. The van der Waals surface area contributed by atoms with Gasteiger partial charge in [0.2, 0.25) is 11.7 Å². The van der Waals surface area contributed by atoms with E-state index >= 15 is 0 Å². The van der Waals surface area contributed by atoms with Crippen molar-refractivity contribution in [3.8, 4) is 17.2 Å². The molecule has 0 aliphatic carbocycles. The highest BCUT2D eigenvalue weighted by atomic mass is 35.5. The molecule has 0 unspecified atom stereocenters. The first-order chi connectivity index (χ1) is 12.6. The van der Waals surface area contributed by atoms with Gasteiger partial charge in [0, 0.05) is 17.3 Å². The van der Waals surface area contributed by atoms with Gasteiger partial charge in [0.15, 0.2) is 11.5 Å². The van der Waals surface area contributed by atoms with E-state index in [1.54, 1.807) is 21.3 Å². The Bertz CT molecular complexity index is 729. The first-order valence-electron chi connectivity index (χ1n) is 7.95. The zero-order valence-corrected chi connectivity index (χ0v) is 16.6. The zero-order chi connectivity index (χ0) is 18.9. The number of halogens is 1. The second kappa shape index (κ2) is 10.2. The highest BCUT2D eigenvalue weighted by Crippen LogP contribution is 2.38. The quantitative estimate of drug-likeness (QED) is 0.697. The van der Waals surface area contributed by atoms with Crippen LogP contribution >= 0.6 is 23.4 Å². The molecular formula is C19H22ClNO4S. The van der Waals surface area contributed by atoms with Crippen molar-refractivity contribution in [3.63, 3.8) is 0 Å². The minimum Gasteiger partial charge on any atom is -0.493 e. The van der Waals surface area contributed by atoms with Gasteiger partial charge in [-0.3, -0.25) is 4.79 Å². The maximum Gasteiger partial charge on any atom is 0.230 e. The van der Waals surface area contributed by atoms with Crippen LogP contribution in [0.2, 0.25) is 5.02 Å². The Morgan fingerprint density at radius 1 is 1.08 bits per heavy atom. The molecule has 0 radical (unpaired) electrons. The van der Waals surface area contributed by atoms with Crippen molar-refractivity contribution in [3.05, 3.63) is 52.5 Å². The minimum absolute atomic E-state index is 0.0456. The van der Waals surface area contributed by atoms with E-state index in [2.05, 4.69) is 5.32 Å². The van der Waals surface area contributed by atoms with Crippen LogP contribution in [0.3, 0.4) is 0 Å². The monoisotopic (exact) mass is 395 g/mol. The van der Waals surface area contributed by atoms with Gasteiger partial charge >= 0.3 is 0 Å². The van der Waals surface area contributed by atoms with Gasteiger partial charge in [0.1, 0.15) is 0 Å². The van der Waals surface area contributed by atoms with Gasteiger partial charge in [0.25, 0.3) is 0 Å². The molecule has 0 saturated carbocycles. The molecule has 2 rings (SSSR count). The molecule has 0 aliphatic heterocycles. The summed E-state index contributed by atoms with van der Waals surface area (Å²) < 4.78 is 15.9. The fourth-order valence-electron chi connectivity index (χ4n) is 2.36. The van der Waals surface area contributed by atoms with Gasteiger partial charge in [-0.25, -0.2) is 0 Å². The van der Waals surface area contributed by atoms with Gasteiger partial charge in [-0.2, -0.15) is 0 Å². The first kappa shape index (κ1) is 20.3. The molecule has 0 aliphatic rings. The number of rotatable bonds is 9. The average molecular weight is 396 g/mol. The summed E-state index contributed by atoms with van der Waals surface area (Å²) in [6.45, 7) is 0.377. The highest BCUT2D eigenvalue weighted by molar-refractivity contribution is 7.99. The summed E-state index contributed by atoms with van der Waals surface area (Å²) >= 11 is 7.63. The van der Waals surface area contributed by atoms with E-state index in [-0.39, 0.29) is 5.91 Å². The van der Waals surface area contributed by atoms with E-state index in [9.17, 15) is 4.79 Å². The lowest BCUT2D eigenvalue weighted by atomic mass is 10.2. The second-order valence-electron chi connectivity index (χ2n) is 5.39. The molecule has 2 aromatic carbocycles. The molecule has 0 heterocycles. The number of benzene rings is 2. The molecule has 0 bridgehead atoms. The third-order valence-electron chi connectivity index (χ3n) is 3.66. The predicted octanol–water partition coefficient (Wildman–Crippen LogP) is 3.92. The Labute approximate surface area is 163 Å². The number of hydrogen-bond acceptors (Lipinski definition) is 5. The summed E-state index contributed by atoms with van der Waals surface area (Å²) in [6.07, 6.45) is 0. The van der Waals surface area contributed by atoms with Crippen LogP contribution in [0.25, 0.3) is 0 Å². The number of methoxy groups -OCH3 is 3. The Hall–Kier alpha value is -2.05. The van der Waals surface area contributed by atoms with Crippen LogP contribution in [-0.4, -0.2) is 33.0 Å². The first-order valence-corrected chi connectivity index (χ1v) is 9.49. The van der Waals surface area contributed by atoms with Crippen molar-refractivity contribution >= 4 is 29.3 Å². The van der Waals surface area contributed by atoms with Gasteiger partial charge in [-0.15, -0.1) is 11.8 Å². The molecule has 0 atom stereocenters. The topological polar surface area (TPSA) is 56.8 Å². The number of ether oxygens (including phenoxy) is 3. The maximum atomic E-state index is 12.1. The van der Waals surface area contributed by atoms with Gasteiger partial charge in [-0.05, 0) is 29.3 Å². The lowest BCUT2D eigenvalue weighted by Crippen LogP contribution is -2.24. The minimum atomic E-state index is -0.0456. The Morgan fingerprint density at radius 2 is 1.73 bits per heavy atom. The highest BCUT2D eigenvalue weighted by Gasteiger charge is 2.13. The van der Waals surface area contributed by atoms with Crippen LogP contribution in [0, 0.1) is 0 Å². The normalized spacial score (nSPS) is 10.3. The fourth-order valence-corrected chi connectivity index (χ4v) is 3.50. The third kappa shape index (κ3) is 5.47. The van der Waals surface area contributed by atoms with Crippen LogP contribution in [0.15, 0.2) is 36.4 Å². The summed E-state index contributed by atoms with van der Waals surface area (Å²) in [5, 5.41) is 3.62. The number of carbonyl (C=O) groups is 1. The van der Waals surface area contributed by atoms with Crippen molar-refractivity contribution < 1.29 is 19.0 Å². The van der Waals surface area contributed by atoms with Crippen molar-refractivity contribution in [1.29, 1.82) is 0 Å². The third-order valence-corrected chi connectivity index (χ3v) is 5.01. The number of nitrogens with one attached hydrogen (secondary N) is 1. The molecular weight excluding hydrogens is 374 g/mol. The molecule has 0 spiro atoms. The smallest absolute Gasteiger partial charge is 0.230 e. The van der Waals surface area contributed by atoms with E-state index in [1.807, 2.05) is 36.4 Å².